The van der Waals surface area contributed by atoms with Crippen LogP contribution >= 0.6 is 0 Å². The van der Waals surface area contributed by atoms with Gasteiger partial charge in [-0.3, -0.25) is 0 Å². The van der Waals surface area contributed by atoms with Crippen molar-refractivity contribution in [1.29, 1.82) is 0 Å². The van der Waals surface area contributed by atoms with Crippen molar-refractivity contribution >= 4 is 0 Å². The van der Waals surface area contributed by atoms with E-state index in [9.17, 15) is 5.11 Å². The topological polar surface area (TPSA) is 58.9 Å². The van der Waals surface area contributed by atoms with Gasteiger partial charge in [0.2, 0.25) is 0 Å². The number of hydrogen-bond acceptors (Lipinski definition) is 4. The van der Waals surface area contributed by atoms with Crippen LogP contribution in [0.2, 0.25) is 0 Å². The van der Waals surface area contributed by atoms with Gasteiger partial charge in [-0.15, -0.1) is 0 Å². The van der Waals surface area contributed by atoms with E-state index in [4.69, 9.17) is 14.6 Å². The summed E-state index contributed by atoms with van der Waals surface area (Å²) in [6, 6.07) is 4.17. The average molecular weight is 568 g/mol. The zero-order chi connectivity index (χ0) is 20.8. The van der Waals surface area contributed by atoms with Gasteiger partial charge in [0.15, 0.2) is 0 Å². The molecule has 0 amide bonds. The van der Waals surface area contributed by atoms with Crippen LogP contribution in [0.15, 0.2) is 12.1 Å². The van der Waals surface area contributed by atoms with Gasteiger partial charge >= 0.3 is 21.1 Å². The fourth-order valence-electron chi connectivity index (χ4n) is 2.20. The Kier molecular flexibility index (Phi) is 25.2. The first kappa shape index (κ1) is 35.2. The number of hydrogen-bond donors (Lipinski definition) is 2. The molecule has 2 unspecified atom stereocenters. The summed E-state index contributed by atoms with van der Waals surface area (Å²) < 4.78 is 12.0. The first-order valence-corrected chi connectivity index (χ1v) is 9.62. The van der Waals surface area contributed by atoms with Crippen LogP contribution in [0.4, 0.5) is 0 Å². The maximum atomic E-state index is 9.33. The zero-order valence-corrected chi connectivity index (χ0v) is 22.5. The van der Waals surface area contributed by atoms with Crippen LogP contribution in [-0.2, 0) is 43.8 Å². The summed E-state index contributed by atoms with van der Waals surface area (Å²) in [7, 11) is 2.25. The Morgan fingerprint density at radius 1 is 1.07 bits per heavy atom. The third-order valence-electron chi connectivity index (χ3n) is 4.54. The molecule has 0 heterocycles. The largest absolute Gasteiger partial charge is 2.00 e. The van der Waals surface area contributed by atoms with Crippen LogP contribution in [0.3, 0.4) is 0 Å². The van der Waals surface area contributed by atoms with Gasteiger partial charge in [0, 0.05) is 0 Å². The summed E-state index contributed by atoms with van der Waals surface area (Å²) in [5, 5.41) is 16.1. The van der Waals surface area contributed by atoms with E-state index >= 15 is 0 Å². The second-order valence-corrected chi connectivity index (χ2v) is 6.49. The Morgan fingerprint density at radius 3 is 1.96 bits per heavy atom. The van der Waals surface area contributed by atoms with Gasteiger partial charge in [-0.2, -0.15) is 0 Å². The normalized spacial score (nSPS) is 12.7. The molecule has 1 aromatic carbocycles. The van der Waals surface area contributed by atoms with E-state index in [0.29, 0.717) is 13.2 Å². The molecule has 2 N–H and O–H groups in total. The van der Waals surface area contributed by atoms with Crippen molar-refractivity contribution in [3.05, 3.63) is 48.9 Å². The number of aliphatic hydroxyl groups is 2. The summed E-state index contributed by atoms with van der Waals surface area (Å²) in [6.07, 6.45) is 2.19. The van der Waals surface area contributed by atoms with E-state index < -0.39 is 0 Å². The van der Waals surface area contributed by atoms with Gasteiger partial charge in [0.25, 0.3) is 0 Å². The molecular weight excluding hydrogens is 524 g/mol. The number of ether oxygens (including phenoxy) is 2. The molecule has 1 rings (SSSR count). The summed E-state index contributed by atoms with van der Waals surface area (Å²) in [5.74, 6) is 0. The van der Waals surface area contributed by atoms with E-state index in [1.807, 2.05) is 26.8 Å². The second-order valence-electron chi connectivity index (χ2n) is 6.49. The predicted octanol–water partition coefficient (Wildman–Crippen LogP) is 5.92. The van der Waals surface area contributed by atoms with E-state index in [1.165, 1.54) is 5.56 Å². The fourth-order valence-corrected chi connectivity index (χ4v) is 2.20. The summed E-state index contributed by atoms with van der Waals surface area (Å²) in [6.45, 7) is 17.8. The minimum atomic E-state index is -0.264. The van der Waals surface area contributed by atoms with Crippen LogP contribution < -0.4 is 0 Å². The first-order chi connectivity index (χ1) is 12.3. The van der Waals surface area contributed by atoms with Gasteiger partial charge in [-0.25, -0.2) is 7.11 Å². The molecule has 0 aliphatic rings. The van der Waals surface area contributed by atoms with Crippen LogP contribution in [-0.4, -0.2) is 28.5 Å². The fraction of sp³-hybridized carbons (Fsp3) is 0.652. The minimum absolute atomic E-state index is 0. The van der Waals surface area contributed by atoms with E-state index in [0.717, 1.165) is 29.5 Å². The number of aliphatic hydroxyl groups excluding tert-OH is 2. The third-order valence-corrected chi connectivity index (χ3v) is 4.54. The Labute approximate surface area is 189 Å². The molecule has 0 aliphatic heterocycles. The Balaban J connectivity index is -0.000000449. The molecule has 0 aliphatic carbocycles. The third kappa shape index (κ3) is 13.1. The van der Waals surface area contributed by atoms with E-state index in [-0.39, 0.29) is 46.8 Å². The Hall–Kier alpha value is -0.252. The van der Waals surface area contributed by atoms with Crippen LogP contribution in [0.1, 0.15) is 76.6 Å². The first-order valence-electron chi connectivity index (χ1n) is 9.62. The SMILES string of the molecule is CC.CCC(C)OCC(C)(CC)OCc1cc(C)c(CO)cc1C.[CH2-]O.[CH3-].[W+2]. The van der Waals surface area contributed by atoms with Crippen molar-refractivity contribution in [3.8, 4) is 0 Å². The second kappa shape index (κ2) is 20.0. The standard InChI is InChI=1S/C19H32O3.C2H6.CH3O.CH3.W/c1-7-16(5)21-13-19(6,8-2)22-12-18-10-14(3)17(11-20)9-15(18)4;2*1-2;;/h9-10,16,20H,7-8,11-13H2,1-6H3;1-2H3;2H,1H2;1H3;/q;;2*-1;+2. The minimum Gasteiger partial charge on any atom is -0.569 e. The number of rotatable bonds is 9. The molecule has 0 bridgehead atoms. The molecule has 0 spiro atoms. The van der Waals surface area contributed by atoms with Crippen molar-refractivity contribution in [1.82, 2.24) is 0 Å². The molecule has 0 saturated carbocycles. The molecule has 0 fully saturated rings. The van der Waals surface area contributed by atoms with Crippen molar-refractivity contribution in [3.63, 3.8) is 0 Å². The molecular formula is C23H44O4W. The predicted molar refractivity (Wildman–Crippen MR) is 116 cm³/mol. The van der Waals surface area contributed by atoms with E-state index in [2.05, 4.69) is 47.8 Å². The van der Waals surface area contributed by atoms with Gasteiger partial charge in [-0.1, -0.05) is 39.8 Å². The van der Waals surface area contributed by atoms with Crippen molar-refractivity contribution in [2.45, 2.75) is 93.2 Å². The average Bonchev–Trinajstić information content (AvgIpc) is 2.69. The van der Waals surface area contributed by atoms with Crippen molar-refractivity contribution in [2.75, 3.05) is 6.61 Å². The van der Waals surface area contributed by atoms with Crippen LogP contribution in [0, 0.1) is 28.4 Å². The van der Waals surface area contributed by atoms with Gasteiger partial charge in [0.1, 0.15) is 0 Å². The zero-order valence-electron chi connectivity index (χ0n) is 19.6. The van der Waals surface area contributed by atoms with E-state index in [1.54, 1.807) is 0 Å². The van der Waals surface area contributed by atoms with Crippen molar-refractivity contribution < 1.29 is 40.8 Å². The number of benzene rings is 1. The maximum absolute atomic E-state index is 9.33. The number of aryl methyl sites for hydroxylation is 2. The molecule has 0 saturated heterocycles. The monoisotopic (exact) mass is 568 g/mol. The molecule has 166 valence electrons. The summed E-state index contributed by atoms with van der Waals surface area (Å²) in [4.78, 5) is 0. The molecule has 0 radical (unpaired) electrons. The molecule has 1 aromatic rings. The molecule has 28 heavy (non-hydrogen) atoms. The van der Waals surface area contributed by atoms with Crippen molar-refractivity contribution in [2.24, 2.45) is 0 Å². The van der Waals surface area contributed by atoms with Gasteiger partial charge < -0.3 is 27.1 Å². The van der Waals surface area contributed by atoms with Crippen LogP contribution in [0.5, 0.6) is 0 Å². The Morgan fingerprint density at radius 2 is 1.54 bits per heavy atom. The van der Waals surface area contributed by atoms with Crippen LogP contribution in [0.25, 0.3) is 0 Å². The Bertz CT molecular complexity index is 480. The van der Waals surface area contributed by atoms with Gasteiger partial charge in [0.05, 0.1) is 31.5 Å². The smallest absolute Gasteiger partial charge is 0.569 e. The van der Waals surface area contributed by atoms with Gasteiger partial charge in [-0.05, 0) is 62.8 Å². The quantitative estimate of drug-likeness (QED) is 0.364. The molecule has 5 heteroatoms. The summed E-state index contributed by atoms with van der Waals surface area (Å²) >= 11 is 0. The summed E-state index contributed by atoms with van der Waals surface area (Å²) in [5.41, 5.74) is 4.17. The molecule has 2 atom stereocenters. The molecule has 0 aromatic heterocycles. The molecule has 4 nitrogen and oxygen atoms in total. The maximum Gasteiger partial charge on any atom is 2.00 e.